The van der Waals surface area contributed by atoms with E-state index in [2.05, 4.69) is 36.1 Å². The number of aromatic nitrogens is 2. The Labute approximate surface area is 160 Å². The van der Waals surface area contributed by atoms with Crippen molar-refractivity contribution in [1.29, 1.82) is 0 Å². The van der Waals surface area contributed by atoms with Crippen LogP contribution in [0.25, 0.3) is 11.0 Å². The number of guanidine groups is 1. The van der Waals surface area contributed by atoms with Gasteiger partial charge in [-0.2, -0.15) is 0 Å². The molecule has 1 amide bonds. The quantitative estimate of drug-likeness (QED) is 0.462. The first-order valence-electron chi connectivity index (χ1n) is 9.77. The zero-order valence-electron chi connectivity index (χ0n) is 16.3. The summed E-state index contributed by atoms with van der Waals surface area (Å²) < 4.78 is 2.20. The largest absolute Gasteiger partial charge is 0.359 e. The van der Waals surface area contributed by atoms with Crippen LogP contribution in [0.2, 0.25) is 0 Å². The van der Waals surface area contributed by atoms with E-state index < -0.39 is 0 Å². The maximum Gasteiger partial charge on any atom is 0.220 e. The Morgan fingerprint density at radius 2 is 2.07 bits per heavy atom. The molecular weight excluding hydrogens is 340 g/mol. The third kappa shape index (κ3) is 4.99. The van der Waals surface area contributed by atoms with Gasteiger partial charge in [0.15, 0.2) is 5.96 Å². The lowest BCUT2D eigenvalue weighted by molar-refractivity contribution is -0.121. The summed E-state index contributed by atoms with van der Waals surface area (Å²) in [7, 11) is 3.54. The van der Waals surface area contributed by atoms with Gasteiger partial charge in [-0.3, -0.25) is 9.79 Å². The Balaban J connectivity index is 1.41. The average Bonchev–Trinajstić information content (AvgIpc) is 3.12. The molecule has 1 fully saturated rings. The number of aliphatic imine (C=N–C) groups is 1. The highest BCUT2D eigenvalue weighted by Crippen LogP contribution is 2.20. The van der Waals surface area contributed by atoms with Crippen molar-refractivity contribution < 1.29 is 4.79 Å². The van der Waals surface area contributed by atoms with Crippen LogP contribution >= 0.6 is 0 Å². The number of nitrogens with one attached hydrogen (secondary N) is 2. The molecule has 2 N–H and O–H groups in total. The van der Waals surface area contributed by atoms with Gasteiger partial charge in [0.2, 0.25) is 5.91 Å². The monoisotopic (exact) mass is 370 g/mol. The first-order valence-corrected chi connectivity index (χ1v) is 9.77. The summed E-state index contributed by atoms with van der Waals surface area (Å²) in [5.41, 5.74) is 2.22. The summed E-state index contributed by atoms with van der Waals surface area (Å²) in [6, 6.07) is 8.22. The summed E-state index contributed by atoms with van der Waals surface area (Å²) >= 11 is 0. The van der Waals surface area contributed by atoms with Crippen LogP contribution in [0.4, 0.5) is 0 Å². The maximum atomic E-state index is 11.5. The molecule has 2 aromatic rings. The molecule has 27 heavy (non-hydrogen) atoms. The number of aryl methyl sites for hydroxylation is 1. The Bertz CT molecular complexity index is 776. The highest BCUT2D eigenvalue weighted by molar-refractivity contribution is 5.80. The molecule has 7 nitrogen and oxygen atoms in total. The SMILES string of the molecule is CN=C(NCCCn1cnc2ccccc21)N1CCC(CC(=O)NC)CC1. The summed E-state index contributed by atoms with van der Waals surface area (Å²) in [6.45, 7) is 3.71. The molecule has 0 atom stereocenters. The minimum atomic E-state index is 0.142. The van der Waals surface area contributed by atoms with E-state index in [9.17, 15) is 4.79 Å². The second kappa shape index (κ2) is 9.39. The summed E-state index contributed by atoms with van der Waals surface area (Å²) in [4.78, 5) is 22.7. The average molecular weight is 371 g/mol. The molecule has 3 rings (SSSR count). The van der Waals surface area contributed by atoms with Crippen molar-refractivity contribution in [2.75, 3.05) is 33.7 Å². The molecule has 0 spiro atoms. The van der Waals surface area contributed by atoms with E-state index in [4.69, 9.17) is 0 Å². The lowest BCUT2D eigenvalue weighted by atomic mass is 9.93. The Morgan fingerprint density at radius 3 is 2.81 bits per heavy atom. The molecule has 146 valence electrons. The summed E-state index contributed by atoms with van der Waals surface area (Å²) in [6.07, 6.45) is 5.63. The van der Waals surface area contributed by atoms with Crippen LogP contribution in [-0.4, -0.2) is 60.0 Å². The van der Waals surface area contributed by atoms with Crippen LogP contribution in [0, 0.1) is 5.92 Å². The number of para-hydroxylation sites is 2. The van der Waals surface area contributed by atoms with Crippen molar-refractivity contribution >= 4 is 22.9 Å². The fraction of sp³-hybridized carbons (Fsp3) is 0.550. The van der Waals surface area contributed by atoms with E-state index >= 15 is 0 Å². The Hall–Kier alpha value is -2.57. The van der Waals surface area contributed by atoms with Crippen LogP contribution in [0.5, 0.6) is 0 Å². The number of piperidine rings is 1. The number of rotatable bonds is 6. The van der Waals surface area contributed by atoms with Crippen LogP contribution in [0.3, 0.4) is 0 Å². The molecule has 1 saturated heterocycles. The van der Waals surface area contributed by atoms with Crippen LogP contribution in [-0.2, 0) is 11.3 Å². The molecule has 1 aromatic carbocycles. The number of likely N-dealkylation sites (tertiary alicyclic amines) is 1. The summed E-state index contributed by atoms with van der Waals surface area (Å²) in [5.74, 6) is 1.58. The second-order valence-corrected chi connectivity index (χ2v) is 7.06. The van der Waals surface area contributed by atoms with Gasteiger partial charge in [-0.15, -0.1) is 0 Å². The molecule has 0 aliphatic carbocycles. The Morgan fingerprint density at radius 1 is 1.30 bits per heavy atom. The molecule has 0 saturated carbocycles. The summed E-state index contributed by atoms with van der Waals surface area (Å²) in [5, 5.41) is 6.20. The molecule has 0 bridgehead atoms. The molecule has 0 unspecified atom stereocenters. The molecule has 1 aliphatic rings. The van der Waals surface area contributed by atoms with Crippen molar-refractivity contribution in [3.05, 3.63) is 30.6 Å². The Kier molecular flexibility index (Phi) is 6.68. The number of hydrogen-bond donors (Lipinski definition) is 2. The highest BCUT2D eigenvalue weighted by Gasteiger charge is 2.22. The second-order valence-electron chi connectivity index (χ2n) is 7.06. The van der Waals surface area contributed by atoms with Crippen molar-refractivity contribution in [2.45, 2.75) is 32.2 Å². The standard InChI is InChI=1S/C20H30N6O/c1-21-19(27)14-16-8-12-25(13-9-16)20(22-2)23-10-5-11-26-15-24-17-6-3-4-7-18(17)26/h3-4,6-7,15-16H,5,8-14H2,1-2H3,(H,21,27)(H,22,23). The number of hydrogen-bond acceptors (Lipinski definition) is 3. The van der Waals surface area contributed by atoms with Gasteiger partial charge in [0.05, 0.1) is 17.4 Å². The third-order valence-corrected chi connectivity index (χ3v) is 5.27. The van der Waals surface area contributed by atoms with E-state index in [-0.39, 0.29) is 5.91 Å². The molecule has 0 radical (unpaired) electrons. The zero-order valence-corrected chi connectivity index (χ0v) is 16.3. The fourth-order valence-corrected chi connectivity index (χ4v) is 3.68. The minimum Gasteiger partial charge on any atom is -0.359 e. The van der Waals surface area contributed by atoms with E-state index in [1.54, 1.807) is 7.05 Å². The van der Waals surface area contributed by atoms with Gasteiger partial charge in [-0.25, -0.2) is 4.98 Å². The highest BCUT2D eigenvalue weighted by atomic mass is 16.1. The molecular formula is C20H30N6O. The predicted octanol–water partition coefficient (Wildman–Crippen LogP) is 1.85. The number of carbonyl (C=O) groups is 1. The zero-order chi connectivity index (χ0) is 19.1. The topological polar surface area (TPSA) is 74.5 Å². The van der Waals surface area contributed by atoms with E-state index in [0.717, 1.165) is 56.9 Å². The third-order valence-electron chi connectivity index (χ3n) is 5.27. The smallest absolute Gasteiger partial charge is 0.220 e. The van der Waals surface area contributed by atoms with Crippen LogP contribution in [0.1, 0.15) is 25.7 Å². The van der Waals surface area contributed by atoms with Gasteiger partial charge in [0.1, 0.15) is 0 Å². The number of nitrogens with zero attached hydrogens (tertiary/aromatic N) is 4. The fourth-order valence-electron chi connectivity index (χ4n) is 3.68. The van der Waals surface area contributed by atoms with Gasteiger partial charge in [-0.1, -0.05) is 12.1 Å². The first-order chi connectivity index (χ1) is 13.2. The van der Waals surface area contributed by atoms with E-state index in [0.29, 0.717) is 12.3 Å². The lowest BCUT2D eigenvalue weighted by Gasteiger charge is -2.34. The number of carbonyl (C=O) groups excluding carboxylic acids is 1. The molecule has 1 aliphatic heterocycles. The van der Waals surface area contributed by atoms with Crippen molar-refractivity contribution in [1.82, 2.24) is 25.1 Å². The van der Waals surface area contributed by atoms with Crippen molar-refractivity contribution in [3.63, 3.8) is 0 Å². The molecule has 7 heteroatoms. The predicted molar refractivity (Wildman–Crippen MR) is 109 cm³/mol. The van der Waals surface area contributed by atoms with Gasteiger partial charge in [0.25, 0.3) is 0 Å². The van der Waals surface area contributed by atoms with E-state index in [1.807, 2.05) is 31.6 Å². The van der Waals surface area contributed by atoms with Crippen LogP contribution < -0.4 is 10.6 Å². The lowest BCUT2D eigenvalue weighted by Crippen LogP contribution is -2.46. The molecule has 2 heterocycles. The van der Waals surface area contributed by atoms with E-state index in [1.165, 1.54) is 5.52 Å². The van der Waals surface area contributed by atoms with Gasteiger partial charge >= 0.3 is 0 Å². The first kappa shape index (κ1) is 19.2. The minimum absolute atomic E-state index is 0.142. The van der Waals surface area contributed by atoms with Gasteiger partial charge in [0, 0.05) is 46.7 Å². The number of fused-ring (bicyclic) bond motifs is 1. The maximum absolute atomic E-state index is 11.5. The number of amides is 1. The molecule has 1 aromatic heterocycles. The normalized spacial score (nSPS) is 15.9. The van der Waals surface area contributed by atoms with Gasteiger partial charge < -0.3 is 20.1 Å². The van der Waals surface area contributed by atoms with Gasteiger partial charge in [-0.05, 0) is 37.3 Å². The van der Waals surface area contributed by atoms with Crippen molar-refractivity contribution in [3.8, 4) is 0 Å². The van der Waals surface area contributed by atoms with Crippen molar-refractivity contribution in [2.24, 2.45) is 10.9 Å². The van der Waals surface area contributed by atoms with Crippen LogP contribution in [0.15, 0.2) is 35.6 Å². The number of benzene rings is 1. The number of imidazole rings is 1.